The molecule has 0 aliphatic heterocycles. The van der Waals surface area contributed by atoms with Crippen molar-refractivity contribution in [2.45, 2.75) is 39.7 Å². The van der Waals surface area contributed by atoms with E-state index < -0.39 is 0 Å². The molecule has 0 atom stereocenters. The highest BCUT2D eigenvalue weighted by molar-refractivity contribution is 6.29. The molecule has 0 fully saturated rings. The Hall–Kier alpha value is -0.830. The summed E-state index contributed by atoms with van der Waals surface area (Å²) >= 11 is 5.74. The van der Waals surface area contributed by atoms with E-state index >= 15 is 0 Å². The van der Waals surface area contributed by atoms with Crippen molar-refractivity contribution in [3.63, 3.8) is 0 Å². The number of hydrogen-bond donors (Lipinski definition) is 0. The van der Waals surface area contributed by atoms with Crippen molar-refractivity contribution in [1.82, 2.24) is 9.55 Å². The van der Waals surface area contributed by atoms with Crippen LogP contribution < -0.4 is 5.56 Å². The van der Waals surface area contributed by atoms with E-state index in [1.54, 1.807) is 4.57 Å². The van der Waals surface area contributed by atoms with Gasteiger partial charge in [-0.2, -0.15) is 0 Å². The predicted molar refractivity (Wildman–Crippen MR) is 57.9 cm³/mol. The lowest BCUT2D eigenvalue weighted by atomic mass is 10.2. The van der Waals surface area contributed by atoms with E-state index in [4.69, 9.17) is 11.6 Å². The van der Waals surface area contributed by atoms with E-state index in [0.717, 1.165) is 12.2 Å². The number of hydrogen-bond acceptors (Lipinski definition) is 2. The van der Waals surface area contributed by atoms with Crippen molar-refractivity contribution in [2.24, 2.45) is 0 Å². The van der Waals surface area contributed by atoms with Gasteiger partial charge in [-0.3, -0.25) is 9.36 Å². The second-order valence-electron chi connectivity index (χ2n) is 3.58. The maximum Gasteiger partial charge on any atom is 0.254 e. The molecule has 0 saturated heterocycles. The van der Waals surface area contributed by atoms with Gasteiger partial charge in [0.2, 0.25) is 0 Å². The number of nitrogens with zero attached hydrogens (tertiary/aromatic N) is 2. The minimum absolute atomic E-state index is 0.0597. The standard InChI is InChI=1S/C10H15ClN2O/c1-4-5-13-9(14)6-8(11)12-10(13)7(2)3/h6-7H,4-5H2,1-3H3. The lowest BCUT2D eigenvalue weighted by Crippen LogP contribution is -2.25. The third kappa shape index (κ3) is 2.35. The average Bonchev–Trinajstić information content (AvgIpc) is 2.09. The lowest BCUT2D eigenvalue weighted by molar-refractivity contribution is 0.572. The molecule has 0 saturated carbocycles. The van der Waals surface area contributed by atoms with Crippen molar-refractivity contribution in [2.75, 3.05) is 0 Å². The SMILES string of the molecule is CCCn1c(C(C)C)nc(Cl)cc1=O. The molecule has 1 heterocycles. The number of halogens is 1. The van der Waals surface area contributed by atoms with Gasteiger partial charge in [0.1, 0.15) is 11.0 Å². The van der Waals surface area contributed by atoms with Gasteiger partial charge < -0.3 is 0 Å². The van der Waals surface area contributed by atoms with Crippen molar-refractivity contribution in [3.05, 3.63) is 27.4 Å². The van der Waals surface area contributed by atoms with Crippen LogP contribution in [0, 0.1) is 0 Å². The maximum absolute atomic E-state index is 11.6. The molecule has 0 N–H and O–H groups in total. The Labute approximate surface area is 88.7 Å². The predicted octanol–water partition coefficient (Wildman–Crippen LogP) is 2.43. The van der Waals surface area contributed by atoms with Gasteiger partial charge in [-0.15, -0.1) is 0 Å². The first-order valence-electron chi connectivity index (χ1n) is 4.83. The summed E-state index contributed by atoms with van der Waals surface area (Å²) in [6.45, 7) is 6.75. The Bertz CT molecular complexity index is 371. The summed E-state index contributed by atoms with van der Waals surface area (Å²) in [4.78, 5) is 15.8. The fraction of sp³-hybridized carbons (Fsp3) is 0.600. The average molecular weight is 215 g/mol. The minimum Gasteiger partial charge on any atom is -0.296 e. The minimum atomic E-state index is -0.0597. The molecule has 78 valence electrons. The van der Waals surface area contributed by atoms with Gasteiger partial charge in [0, 0.05) is 18.5 Å². The fourth-order valence-electron chi connectivity index (χ4n) is 1.38. The van der Waals surface area contributed by atoms with Crippen LogP contribution in [0.15, 0.2) is 10.9 Å². The van der Waals surface area contributed by atoms with Gasteiger partial charge in [-0.05, 0) is 6.42 Å². The highest BCUT2D eigenvalue weighted by Crippen LogP contribution is 2.12. The maximum atomic E-state index is 11.6. The van der Waals surface area contributed by atoms with Crippen LogP contribution in [0.3, 0.4) is 0 Å². The zero-order chi connectivity index (χ0) is 10.7. The molecule has 0 radical (unpaired) electrons. The van der Waals surface area contributed by atoms with Gasteiger partial charge >= 0.3 is 0 Å². The quantitative estimate of drug-likeness (QED) is 0.725. The molecule has 0 amide bonds. The topological polar surface area (TPSA) is 34.9 Å². The molecule has 0 aliphatic rings. The van der Waals surface area contributed by atoms with E-state index in [1.165, 1.54) is 6.07 Å². The third-order valence-corrected chi connectivity index (χ3v) is 2.16. The van der Waals surface area contributed by atoms with Gasteiger partial charge in [-0.1, -0.05) is 32.4 Å². The Balaban J connectivity index is 3.29. The Morgan fingerprint density at radius 3 is 2.71 bits per heavy atom. The van der Waals surface area contributed by atoms with Crippen molar-refractivity contribution < 1.29 is 0 Å². The summed E-state index contributed by atoms with van der Waals surface area (Å²) in [5.41, 5.74) is -0.0597. The molecular weight excluding hydrogens is 200 g/mol. The zero-order valence-corrected chi connectivity index (χ0v) is 9.51. The van der Waals surface area contributed by atoms with Gasteiger partial charge in [0.15, 0.2) is 0 Å². The Kier molecular flexibility index (Phi) is 3.69. The van der Waals surface area contributed by atoms with E-state index in [0.29, 0.717) is 6.54 Å². The highest BCUT2D eigenvalue weighted by Gasteiger charge is 2.10. The first kappa shape index (κ1) is 11.2. The summed E-state index contributed by atoms with van der Waals surface area (Å²) in [5, 5.41) is 0.283. The molecule has 0 aromatic carbocycles. The smallest absolute Gasteiger partial charge is 0.254 e. The lowest BCUT2D eigenvalue weighted by Gasteiger charge is -2.13. The molecule has 3 nitrogen and oxygen atoms in total. The molecule has 14 heavy (non-hydrogen) atoms. The first-order chi connectivity index (χ1) is 6.56. The van der Waals surface area contributed by atoms with Crippen LogP contribution in [0.2, 0.25) is 5.15 Å². The van der Waals surface area contributed by atoms with E-state index in [1.807, 2.05) is 20.8 Å². The summed E-state index contributed by atoms with van der Waals surface area (Å²) in [7, 11) is 0. The zero-order valence-electron chi connectivity index (χ0n) is 8.75. The van der Waals surface area contributed by atoms with Crippen LogP contribution in [-0.2, 0) is 6.54 Å². The van der Waals surface area contributed by atoms with Gasteiger partial charge in [0.25, 0.3) is 5.56 Å². The molecular formula is C10H15ClN2O. The van der Waals surface area contributed by atoms with E-state index in [9.17, 15) is 4.79 Å². The van der Waals surface area contributed by atoms with E-state index in [-0.39, 0.29) is 16.6 Å². The Morgan fingerprint density at radius 2 is 2.21 bits per heavy atom. The second kappa shape index (κ2) is 4.60. The molecule has 1 aromatic heterocycles. The van der Waals surface area contributed by atoms with Crippen LogP contribution in [-0.4, -0.2) is 9.55 Å². The molecule has 0 bridgehead atoms. The van der Waals surface area contributed by atoms with E-state index in [2.05, 4.69) is 4.98 Å². The monoisotopic (exact) mass is 214 g/mol. The van der Waals surface area contributed by atoms with Crippen molar-refractivity contribution in [3.8, 4) is 0 Å². The van der Waals surface area contributed by atoms with Crippen molar-refractivity contribution in [1.29, 1.82) is 0 Å². The molecule has 0 spiro atoms. The van der Waals surface area contributed by atoms with Crippen LogP contribution in [0.4, 0.5) is 0 Å². The summed E-state index contributed by atoms with van der Waals surface area (Å²) in [5.74, 6) is 0.984. The summed E-state index contributed by atoms with van der Waals surface area (Å²) in [6, 6.07) is 1.36. The second-order valence-corrected chi connectivity index (χ2v) is 3.97. The highest BCUT2D eigenvalue weighted by atomic mass is 35.5. The van der Waals surface area contributed by atoms with Crippen LogP contribution in [0.5, 0.6) is 0 Å². The third-order valence-electron chi connectivity index (χ3n) is 1.97. The van der Waals surface area contributed by atoms with Crippen LogP contribution >= 0.6 is 11.6 Å². The summed E-state index contributed by atoms with van der Waals surface area (Å²) in [6.07, 6.45) is 0.920. The molecule has 0 aliphatic carbocycles. The largest absolute Gasteiger partial charge is 0.296 e. The van der Waals surface area contributed by atoms with Crippen LogP contribution in [0.1, 0.15) is 38.9 Å². The molecule has 1 aromatic rings. The molecule has 4 heteroatoms. The fourth-order valence-corrected chi connectivity index (χ4v) is 1.56. The molecule has 1 rings (SSSR count). The Morgan fingerprint density at radius 1 is 1.57 bits per heavy atom. The summed E-state index contributed by atoms with van der Waals surface area (Å²) < 4.78 is 1.69. The van der Waals surface area contributed by atoms with Crippen LogP contribution in [0.25, 0.3) is 0 Å². The number of aromatic nitrogens is 2. The molecule has 0 unspecified atom stereocenters. The normalized spacial score (nSPS) is 10.9. The number of rotatable bonds is 3. The van der Waals surface area contributed by atoms with Gasteiger partial charge in [0.05, 0.1) is 0 Å². The van der Waals surface area contributed by atoms with Crippen molar-refractivity contribution >= 4 is 11.6 Å². The first-order valence-corrected chi connectivity index (χ1v) is 5.21. The van der Waals surface area contributed by atoms with Gasteiger partial charge in [-0.25, -0.2) is 4.98 Å².